The summed E-state index contributed by atoms with van der Waals surface area (Å²) in [6.45, 7) is 0.858. The van der Waals surface area contributed by atoms with Crippen LogP contribution in [0.25, 0.3) is 0 Å². The minimum atomic E-state index is 0.133. The third kappa shape index (κ3) is 2.91. The molecule has 0 radical (unpaired) electrons. The van der Waals surface area contributed by atoms with Gasteiger partial charge in [0.15, 0.2) is 0 Å². The van der Waals surface area contributed by atoms with E-state index in [1.54, 1.807) is 6.26 Å². The molecule has 1 fully saturated rings. The van der Waals surface area contributed by atoms with E-state index in [1.807, 2.05) is 12.1 Å². The van der Waals surface area contributed by atoms with Gasteiger partial charge in [-0.25, -0.2) is 0 Å². The second-order valence-corrected chi connectivity index (χ2v) is 3.83. The molecule has 3 heteroatoms. The fraction of sp³-hybridized carbons (Fsp3) is 0.545. The first kappa shape index (κ1) is 9.31. The lowest BCUT2D eigenvalue weighted by Crippen LogP contribution is -2.25. The molecule has 0 bridgehead atoms. The van der Waals surface area contributed by atoms with Crippen molar-refractivity contribution in [2.75, 3.05) is 6.54 Å². The van der Waals surface area contributed by atoms with Crippen LogP contribution >= 0.6 is 0 Å². The first-order valence-electron chi connectivity index (χ1n) is 5.13. The molecule has 0 unspecified atom stereocenters. The summed E-state index contributed by atoms with van der Waals surface area (Å²) in [7, 11) is 0. The Morgan fingerprint density at radius 2 is 2.43 bits per heavy atom. The summed E-state index contributed by atoms with van der Waals surface area (Å²) in [6, 6.07) is 3.74. The zero-order chi connectivity index (χ0) is 9.80. The Bertz CT molecular complexity index is 288. The van der Waals surface area contributed by atoms with Crippen molar-refractivity contribution in [3.63, 3.8) is 0 Å². The van der Waals surface area contributed by atoms with Crippen LogP contribution in [0.5, 0.6) is 0 Å². The van der Waals surface area contributed by atoms with Gasteiger partial charge in [0.1, 0.15) is 5.76 Å². The highest BCUT2D eigenvalue weighted by atomic mass is 16.3. The maximum absolute atomic E-state index is 11.3. The number of hydrogen-bond acceptors (Lipinski definition) is 2. The summed E-state index contributed by atoms with van der Waals surface area (Å²) in [6.07, 6.45) is 5.41. The summed E-state index contributed by atoms with van der Waals surface area (Å²) in [5.74, 6) is 1.77. The van der Waals surface area contributed by atoms with E-state index in [9.17, 15) is 4.79 Å². The Kier molecular flexibility index (Phi) is 2.87. The van der Waals surface area contributed by atoms with Crippen molar-refractivity contribution in [2.24, 2.45) is 5.92 Å². The fourth-order valence-electron chi connectivity index (χ4n) is 1.36. The topological polar surface area (TPSA) is 42.2 Å². The first-order valence-corrected chi connectivity index (χ1v) is 5.13. The molecule has 1 aliphatic rings. The second kappa shape index (κ2) is 4.31. The van der Waals surface area contributed by atoms with Crippen LogP contribution in [0.15, 0.2) is 22.8 Å². The molecular formula is C11H15NO2. The maximum Gasteiger partial charge on any atom is 0.220 e. The van der Waals surface area contributed by atoms with Gasteiger partial charge in [0.25, 0.3) is 0 Å². The van der Waals surface area contributed by atoms with Gasteiger partial charge in [-0.2, -0.15) is 0 Å². The number of amides is 1. The molecule has 1 aromatic rings. The van der Waals surface area contributed by atoms with E-state index in [0.717, 1.165) is 18.2 Å². The highest BCUT2D eigenvalue weighted by molar-refractivity contribution is 5.76. The summed E-state index contributed by atoms with van der Waals surface area (Å²) in [5.41, 5.74) is 0. The summed E-state index contributed by atoms with van der Waals surface area (Å²) in [5, 5.41) is 2.93. The molecule has 0 aliphatic heterocycles. The highest BCUT2D eigenvalue weighted by Crippen LogP contribution is 2.27. The Labute approximate surface area is 83.5 Å². The van der Waals surface area contributed by atoms with E-state index < -0.39 is 0 Å². The van der Waals surface area contributed by atoms with Gasteiger partial charge >= 0.3 is 0 Å². The molecular weight excluding hydrogens is 178 g/mol. The molecule has 14 heavy (non-hydrogen) atoms. The monoisotopic (exact) mass is 193 g/mol. The molecule has 1 amide bonds. The van der Waals surface area contributed by atoms with Crippen LogP contribution in [-0.2, 0) is 11.2 Å². The Morgan fingerprint density at radius 3 is 3.07 bits per heavy atom. The third-order valence-electron chi connectivity index (χ3n) is 2.46. The minimum Gasteiger partial charge on any atom is -0.469 e. The summed E-state index contributed by atoms with van der Waals surface area (Å²) in [4.78, 5) is 11.3. The molecule has 1 heterocycles. The minimum absolute atomic E-state index is 0.133. The number of hydrogen-bond donors (Lipinski definition) is 1. The third-order valence-corrected chi connectivity index (χ3v) is 2.46. The second-order valence-electron chi connectivity index (χ2n) is 3.83. The van der Waals surface area contributed by atoms with Crippen molar-refractivity contribution in [2.45, 2.75) is 25.7 Å². The van der Waals surface area contributed by atoms with Crippen molar-refractivity contribution >= 4 is 5.91 Å². The predicted molar refractivity (Wildman–Crippen MR) is 52.8 cm³/mol. The zero-order valence-electron chi connectivity index (χ0n) is 8.16. The number of carbonyl (C=O) groups is 1. The van der Waals surface area contributed by atoms with Gasteiger partial charge in [0.2, 0.25) is 5.91 Å². The van der Waals surface area contributed by atoms with Crippen LogP contribution in [0, 0.1) is 5.92 Å². The molecule has 0 spiro atoms. The van der Waals surface area contributed by atoms with Crippen LogP contribution in [0.4, 0.5) is 0 Å². The van der Waals surface area contributed by atoms with Crippen LogP contribution in [-0.4, -0.2) is 12.5 Å². The van der Waals surface area contributed by atoms with E-state index in [-0.39, 0.29) is 5.91 Å². The van der Waals surface area contributed by atoms with E-state index in [1.165, 1.54) is 12.8 Å². The van der Waals surface area contributed by atoms with Crippen molar-refractivity contribution < 1.29 is 9.21 Å². The number of nitrogens with one attached hydrogen (secondary N) is 1. The highest BCUT2D eigenvalue weighted by Gasteiger charge is 2.21. The van der Waals surface area contributed by atoms with Gasteiger partial charge in [-0.1, -0.05) is 0 Å². The SMILES string of the molecule is O=C(CCc1ccco1)NCC1CC1. The van der Waals surface area contributed by atoms with Gasteiger partial charge in [-0.05, 0) is 30.9 Å². The number of rotatable bonds is 5. The predicted octanol–water partition coefficient (Wildman–Crippen LogP) is 1.74. The lowest BCUT2D eigenvalue weighted by molar-refractivity contribution is -0.121. The van der Waals surface area contributed by atoms with Crippen molar-refractivity contribution in [3.8, 4) is 0 Å². The van der Waals surface area contributed by atoms with Gasteiger partial charge in [0, 0.05) is 19.4 Å². The average molecular weight is 193 g/mol. The van der Waals surface area contributed by atoms with E-state index in [4.69, 9.17) is 4.42 Å². The van der Waals surface area contributed by atoms with Gasteiger partial charge < -0.3 is 9.73 Å². The smallest absolute Gasteiger partial charge is 0.220 e. The molecule has 1 saturated carbocycles. The van der Waals surface area contributed by atoms with E-state index in [0.29, 0.717) is 12.8 Å². The largest absolute Gasteiger partial charge is 0.469 e. The molecule has 1 aliphatic carbocycles. The Hall–Kier alpha value is -1.25. The van der Waals surface area contributed by atoms with Gasteiger partial charge in [-0.15, -0.1) is 0 Å². The van der Waals surface area contributed by atoms with E-state index >= 15 is 0 Å². The lowest BCUT2D eigenvalue weighted by atomic mass is 10.2. The molecule has 3 nitrogen and oxygen atoms in total. The van der Waals surface area contributed by atoms with Crippen molar-refractivity contribution in [3.05, 3.63) is 24.2 Å². The fourth-order valence-corrected chi connectivity index (χ4v) is 1.36. The maximum atomic E-state index is 11.3. The Morgan fingerprint density at radius 1 is 1.57 bits per heavy atom. The lowest BCUT2D eigenvalue weighted by Gasteiger charge is -2.02. The van der Waals surface area contributed by atoms with Crippen LogP contribution in [0.1, 0.15) is 25.0 Å². The van der Waals surface area contributed by atoms with Crippen LogP contribution < -0.4 is 5.32 Å². The van der Waals surface area contributed by atoms with Gasteiger partial charge in [0.05, 0.1) is 6.26 Å². The van der Waals surface area contributed by atoms with Gasteiger partial charge in [-0.3, -0.25) is 4.79 Å². The molecule has 0 atom stereocenters. The van der Waals surface area contributed by atoms with Crippen molar-refractivity contribution in [1.82, 2.24) is 5.32 Å². The molecule has 1 aromatic heterocycles. The van der Waals surface area contributed by atoms with E-state index in [2.05, 4.69) is 5.32 Å². The average Bonchev–Trinajstić information content (AvgIpc) is 2.87. The standard InChI is InChI=1S/C11H15NO2/c13-11(12-8-9-3-4-9)6-5-10-2-1-7-14-10/h1-2,7,9H,3-6,8H2,(H,12,13). The van der Waals surface area contributed by atoms with Crippen LogP contribution in [0.3, 0.4) is 0 Å². The summed E-state index contributed by atoms with van der Waals surface area (Å²) >= 11 is 0. The molecule has 2 rings (SSSR count). The number of carbonyl (C=O) groups excluding carboxylic acids is 1. The molecule has 0 saturated heterocycles. The quantitative estimate of drug-likeness (QED) is 0.774. The normalized spacial score (nSPS) is 15.4. The van der Waals surface area contributed by atoms with Crippen LogP contribution in [0.2, 0.25) is 0 Å². The molecule has 1 N–H and O–H groups in total. The van der Waals surface area contributed by atoms with Crippen molar-refractivity contribution in [1.29, 1.82) is 0 Å². The Balaban J connectivity index is 1.62. The number of furan rings is 1. The first-order chi connectivity index (χ1) is 6.84. The zero-order valence-corrected chi connectivity index (χ0v) is 8.16. The molecule has 0 aromatic carbocycles. The summed E-state index contributed by atoms with van der Waals surface area (Å²) < 4.78 is 5.14. The molecule has 76 valence electrons. The number of aryl methyl sites for hydroxylation is 1.